The lowest BCUT2D eigenvalue weighted by molar-refractivity contribution is -0.131. The maximum Gasteiger partial charge on any atom is 0.244 e. The maximum atomic E-state index is 12.3. The molecule has 0 fully saturated rings. The Kier molecular flexibility index (Phi) is 4.70. The van der Waals surface area contributed by atoms with Crippen molar-refractivity contribution in [3.8, 4) is 6.07 Å². The molecule has 1 amide bonds. The molecule has 2 aromatic carbocycles. The fourth-order valence-electron chi connectivity index (χ4n) is 2.13. The van der Waals surface area contributed by atoms with Gasteiger partial charge in [0, 0.05) is 13.6 Å². The second-order valence-corrected chi connectivity index (χ2v) is 4.89. The Hall–Kier alpha value is -2.64. The van der Waals surface area contributed by atoms with Gasteiger partial charge in [-0.15, -0.1) is 0 Å². The van der Waals surface area contributed by atoms with Crippen molar-refractivity contribution >= 4 is 5.91 Å². The zero-order valence-corrected chi connectivity index (χ0v) is 11.9. The highest BCUT2D eigenvalue weighted by molar-refractivity contribution is 5.82. The van der Waals surface area contributed by atoms with Crippen LogP contribution in [0.3, 0.4) is 0 Å². The molecular weight excluding hydrogens is 262 g/mol. The van der Waals surface area contributed by atoms with Gasteiger partial charge in [0.15, 0.2) is 0 Å². The van der Waals surface area contributed by atoms with Crippen molar-refractivity contribution < 1.29 is 4.79 Å². The van der Waals surface area contributed by atoms with E-state index in [1.165, 1.54) is 0 Å². The van der Waals surface area contributed by atoms with Gasteiger partial charge in [-0.2, -0.15) is 5.26 Å². The molecule has 106 valence electrons. The van der Waals surface area contributed by atoms with Gasteiger partial charge in [-0.25, -0.2) is 0 Å². The van der Waals surface area contributed by atoms with Crippen LogP contribution in [0.2, 0.25) is 0 Å². The molecule has 2 rings (SSSR count). The number of benzene rings is 2. The lowest BCUT2D eigenvalue weighted by Gasteiger charge is -2.21. The molecule has 0 radical (unpaired) electrons. The summed E-state index contributed by atoms with van der Waals surface area (Å²) in [5.41, 5.74) is 8.29. The molecule has 21 heavy (non-hydrogen) atoms. The Balaban J connectivity index is 2.07. The zero-order valence-electron chi connectivity index (χ0n) is 11.9. The predicted octanol–water partition coefficient (Wildman–Crippen LogP) is 2.22. The summed E-state index contributed by atoms with van der Waals surface area (Å²) < 4.78 is 0. The van der Waals surface area contributed by atoms with Gasteiger partial charge in [0.05, 0.1) is 11.6 Å². The number of nitrogens with zero attached hydrogens (tertiary/aromatic N) is 2. The van der Waals surface area contributed by atoms with E-state index in [1.54, 1.807) is 24.1 Å². The van der Waals surface area contributed by atoms with Crippen LogP contribution in [0.5, 0.6) is 0 Å². The third kappa shape index (κ3) is 3.68. The smallest absolute Gasteiger partial charge is 0.244 e. The minimum atomic E-state index is -0.671. The second kappa shape index (κ2) is 6.69. The summed E-state index contributed by atoms with van der Waals surface area (Å²) in [6.07, 6.45) is 0. The van der Waals surface area contributed by atoms with Crippen LogP contribution in [-0.4, -0.2) is 17.9 Å². The van der Waals surface area contributed by atoms with Crippen molar-refractivity contribution in [3.05, 3.63) is 71.3 Å². The molecule has 0 saturated carbocycles. The molecule has 1 unspecified atom stereocenters. The van der Waals surface area contributed by atoms with Gasteiger partial charge in [0.1, 0.15) is 6.04 Å². The molecular formula is C17H17N3O. The van der Waals surface area contributed by atoms with Crippen molar-refractivity contribution in [1.82, 2.24) is 4.90 Å². The van der Waals surface area contributed by atoms with Crippen LogP contribution in [0, 0.1) is 11.3 Å². The summed E-state index contributed by atoms with van der Waals surface area (Å²) in [6, 6.07) is 17.9. The molecule has 0 saturated heterocycles. The quantitative estimate of drug-likeness (QED) is 0.932. The molecule has 0 spiro atoms. The van der Waals surface area contributed by atoms with E-state index in [4.69, 9.17) is 11.0 Å². The van der Waals surface area contributed by atoms with E-state index in [0.717, 1.165) is 11.1 Å². The summed E-state index contributed by atoms with van der Waals surface area (Å²) in [5.74, 6) is -0.149. The van der Waals surface area contributed by atoms with Gasteiger partial charge >= 0.3 is 0 Å². The standard InChI is InChI=1S/C17H17N3O/c1-20(12-14-7-5-6-13(10-14)11-18)17(21)16(19)15-8-3-2-4-9-15/h2-10,16H,12,19H2,1H3. The first kappa shape index (κ1) is 14.8. The fraction of sp³-hybridized carbons (Fsp3) is 0.176. The monoisotopic (exact) mass is 279 g/mol. The molecule has 0 aliphatic rings. The highest BCUT2D eigenvalue weighted by Gasteiger charge is 2.19. The lowest BCUT2D eigenvalue weighted by atomic mass is 10.1. The van der Waals surface area contributed by atoms with Gasteiger partial charge in [-0.05, 0) is 23.3 Å². The van der Waals surface area contributed by atoms with Crippen LogP contribution < -0.4 is 5.73 Å². The third-order valence-corrected chi connectivity index (χ3v) is 3.28. The first-order valence-electron chi connectivity index (χ1n) is 6.66. The third-order valence-electron chi connectivity index (χ3n) is 3.28. The van der Waals surface area contributed by atoms with Crippen LogP contribution >= 0.6 is 0 Å². The van der Waals surface area contributed by atoms with E-state index < -0.39 is 6.04 Å². The van der Waals surface area contributed by atoms with Crippen molar-refractivity contribution in [2.24, 2.45) is 5.73 Å². The molecule has 1 atom stereocenters. The molecule has 2 aromatic rings. The van der Waals surface area contributed by atoms with Crippen molar-refractivity contribution in [3.63, 3.8) is 0 Å². The maximum absolute atomic E-state index is 12.3. The molecule has 2 N–H and O–H groups in total. The number of likely N-dealkylation sites (N-methyl/N-ethyl adjacent to an activating group) is 1. The van der Waals surface area contributed by atoms with E-state index in [0.29, 0.717) is 12.1 Å². The number of nitriles is 1. The Bertz CT molecular complexity index is 661. The first-order valence-corrected chi connectivity index (χ1v) is 6.66. The summed E-state index contributed by atoms with van der Waals surface area (Å²) in [4.78, 5) is 13.9. The van der Waals surface area contributed by atoms with Crippen molar-refractivity contribution in [1.29, 1.82) is 5.26 Å². The second-order valence-electron chi connectivity index (χ2n) is 4.89. The zero-order chi connectivity index (χ0) is 15.2. The SMILES string of the molecule is CN(Cc1cccc(C#N)c1)C(=O)C(N)c1ccccc1. The summed E-state index contributed by atoms with van der Waals surface area (Å²) in [5, 5.41) is 8.89. The van der Waals surface area contributed by atoms with E-state index >= 15 is 0 Å². The highest BCUT2D eigenvalue weighted by atomic mass is 16.2. The predicted molar refractivity (Wildman–Crippen MR) is 81.0 cm³/mol. The average molecular weight is 279 g/mol. The largest absolute Gasteiger partial charge is 0.340 e. The number of amides is 1. The molecule has 0 aliphatic heterocycles. The number of nitrogens with two attached hydrogens (primary N) is 1. The Morgan fingerprint density at radius 2 is 1.95 bits per heavy atom. The topological polar surface area (TPSA) is 70.1 Å². The van der Waals surface area contributed by atoms with Gasteiger partial charge in [0.2, 0.25) is 5.91 Å². The van der Waals surface area contributed by atoms with Crippen LogP contribution in [0.4, 0.5) is 0 Å². The number of rotatable bonds is 4. The highest BCUT2D eigenvalue weighted by Crippen LogP contribution is 2.14. The summed E-state index contributed by atoms with van der Waals surface area (Å²) >= 11 is 0. The number of carbonyl (C=O) groups is 1. The molecule has 4 nitrogen and oxygen atoms in total. The average Bonchev–Trinajstić information content (AvgIpc) is 2.54. The minimum Gasteiger partial charge on any atom is -0.340 e. The Morgan fingerprint density at radius 1 is 1.24 bits per heavy atom. The van der Waals surface area contributed by atoms with Gasteiger partial charge in [-0.3, -0.25) is 4.79 Å². The fourth-order valence-corrected chi connectivity index (χ4v) is 2.13. The summed E-state index contributed by atoms with van der Waals surface area (Å²) in [7, 11) is 1.71. The first-order chi connectivity index (χ1) is 10.1. The van der Waals surface area contributed by atoms with Gasteiger partial charge < -0.3 is 10.6 Å². The van der Waals surface area contributed by atoms with E-state index in [1.807, 2.05) is 42.5 Å². The lowest BCUT2D eigenvalue weighted by Crippen LogP contribution is -2.35. The molecule has 4 heteroatoms. The minimum absolute atomic E-state index is 0.149. The van der Waals surface area contributed by atoms with E-state index in [2.05, 4.69) is 6.07 Å². The molecule has 0 aliphatic carbocycles. The van der Waals surface area contributed by atoms with E-state index in [-0.39, 0.29) is 5.91 Å². The Morgan fingerprint density at radius 3 is 2.62 bits per heavy atom. The van der Waals surface area contributed by atoms with Crippen LogP contribution in [0.1, 0.15) is 22.7 Å². The van der Waals surface area contributed by atoms with Gasteiger partial charge in [0.25, 0.3) is 0 Å². The van der Waals surface area contributed by atoms with Crippen LogP contribution in [0.15, 0.2) is 54.6 Å². The van der Waals surface area contributed by atoms with Gasteiger partial charge in [-0.1, -0.05) is 42.5 Å². The number of hydrogen-bond donors (Lipinski definition) is 1. The number of hydrogen-bond acceptors (Lipinski definition) is 3. The van der Waals surface area contributed by atoms with Crippen LogP contribution in [-0.2, 0) is 11.3 Å². The summed E-state index contributed by atoms with van der Waals surface area (Å²) in [6.45, 7) is 0.425. The Labute approximate surface area is 124 Å². The molecule has 0 heterocycles. The van der Waals surface area contributed by atoms with Crippen molar-refractivity contribution in [2.75, 3.05) is 7.05 Å². The molecule has 0 bridgehead atoms. The normalized spacial score (nSPS) is 11.5. The van der Waals surface area contributed by atoms with E-state index in [9.17, 15) is 4.79 Å². The van der Waals surface area contributed by atoms with Crippen LogP contribution in [0.25, 0.3) is 0 Å². The molecule has 0 aromatic heterocycles. The van der Waals surface area contributed by atoms with Crippen molar-refractivity contribution in [2.45, 2.75) is 12.6 Å². The number of carbonyl (C=O) groups excluding carboxylic acids is 1.